The Morgan fingerprint density at radius 3 is 2.64 bits per heavy atom. The van der Waals surface area contributed by atoms with Crippen molar-refractivity contribution in [1.29, 1.82) is 5.26 Å². The van der Waals surface area contributed by atoms with Crippen LogP contribution in [-0.2, 0) is 5.75 Å². The summed E-state index contributed by atoms with van der Waals surface area (Å²) in [5.41, 5.74) is 1.91. The predicted molar refractivity (Wildman–Crippen MR) is 59.2 cm³/mol. The highest BCUT2D eigenvalue weighted by Gasteiger charge is 2.10. The van der Waals surface area contributed by atoms with Crippen LogP contribution in [0.4, 0.5) is 0 Å². The Hall–Kier alpha value is 0.270. The van der Waals surface area contributed by atoms with Crippen LogP contribution in [0.5, 0.6) is 0 Å². The Balaban J connectivity index is 3.28. The fourth-order valence-corrected chi connectivity index (χ4v) is 3.39. The van der Waals surface area contributed by atoms with E-state index in [4.69, 9.17) is 5.26 Å². The molecule has 0 saturated carbocycles. The largest absolute Gasteiger partial charge is 0.192 e. The molecule has 1 nitrogen and oxygen atoms in total. The van der Waals surface area contributed by atoms with E-state index in [9.17, 15) is 0 Å². The summed E-state index contributed by atoms with van der Waals surface area (Å²) in [6.07, 6.45) is 0. The van der Waals surface area contributed by atoms with Crippen molar-refractivity contribution < 1.29 is 0 Å². The molecule has 1 heterocycles. The summed E-state index contributed by atoms with van der Waals surface area (Å²) in [6, 6.07) is 2.19. The summed E-state index contributed by atoms with van der Waals surface area (Å²) in [7, 11) is 0. The van der Waals surface area contributed by atoms with E-state index in [1.54, 1.807) is 11.3 Å². The summed E-state index contributed by atoms with van der Waals surface area (Å²) in [6.45, 7) is 1.97. The fraction of sp³-hybridized carbons (Fsp3) is 0.286. The average molecular weight is 295 g/mol. The Morgan fingerprint density at radius 1 is 1.73 bits per heavy atom. The maximum absolute atomic E-state index is 8.74. The molecule has 11 heavy (non-hydrogen) atoms. The van der Waals surface area contributed by atoms with Crippen LogP contribution in [0, 0.1) is 21.1 Å². The molecule has 0 unspecified atom stereocenters. The summed E-state index contributed by atoms with van der Waals surface area (Å²) in [4.78, 5) is 1.20. The number of thiol groups is 1. The highest BCUT2D eigenvalue weighted by molar-refractivity contribution is 14.1. The molecular weight excluding hydrogens is 289 g/mol. The molecule has 0 aliphatic carbocycles. The van der Waals surface area contributed by atoms with Gasteiger partial charge in [0.15, 0.2) is 0 Å². The Labute approximate surface area is 89.0 Å². The van der Waals surface area contributed by atoms with Gasteiger partial charge in [-0.15, -0.1) is 11.3 Å². The van der Waals surface area contributed by atoms with E-state index in [1.165, 1.54) is 4.88 Å². The first-order valence-electron chi connectivity index (χ1n) is 2.99. The van der Waals surface area contributed by atoms with E-state index in [-0.39, 0.29) is 0 Å². The summed E-state index contributed by atoms with van der Waals surface area (Å²) in [5, 5.41) is 8.74. The molecular formula is C7H6INS2. The van der Waals surface area contributed by atoms with Gasteiger partial charge in [-0.2, -0.15) is 17.9 Å². The van der Waals surface area contributed by atoms with Gasteiger partial charge in [-0.05, 0) is 35.1 Å². The first-order chi connectivity index (χ1) is 5.20. The van der Waals surface area contributed by atoms with E-state index in [0.29, 0.717) is 0 Å². The maximum atomic E-state index is 8.74. The van der Waals surface area contributed by atoms with Crippen molar-refractivity contribution >= 4 is 46.6 Å². The average Bonchev–Trinajstić information content (AvgIpc) is 2.26. The van der Waals surface area contributed by atoms with Gasteiger partial charge in [0, 0.05) is 10.6 Å². The highest BCUT2D eigenvalue weighted by atomic mass is 127. The van der Waals surface area contributed by atoms with Gasteiger partial charge in [0.05, 0.1) is 8.45 Å². The van der Waals surface area contributed by atoms with Gasteiger partial charge in [0.2, 0.25) is 0 Å². The summed E-state index contributed by atoms with van der Waals surface area (Å²) >= 11 is 8.02. The molecule has 1 aromatic heterocycles. The van der Waals surface area contributed by atoms with Crippen molar-refractivity contribution in [2.45, 2.75) is 12.7 Å². The maximum Gasteiger partial charge on any atom is 0.101 e. The minimum Gasteiger partial charge on any atom is -0.192 e. The van der Waals surface area contributed by atoms with Gasteiger partial charge in [0.1, 0.15) is 6.07 Å². The van der Waals surface area contributed by atoms with Gasteiger partial charge in [-0.1, -0.05) is 0 Å². The van der Waals surface area contributed by atoms with Crippen LogP contribution < -0.4 is 0 Å². The number of nitrogens with zero attached hydrogens (tertiary/aromatic N) is 1. The second kappa shape index (κ2) is 3.78. The zero-order chi connectivity index (χ0) is 8.43. The number of hydrogen-bond acceptors (Lipinski definition) is 3. The first kappa shape index (κ1) is 9.36. The van der Waals surface area contributed by atoms with Gasteiger partial charge in [-0.3, -0.25) is 0 Å². The first-order valence-corrected chi connectivity index (χ1v) is 5.52. The molecule has 0 aliphatic heterocycles. The molecule has 0 radical (unpaired) electrons. The third-order valence-corrected chi connectivity index (χ3v) is 4.27. The second-order valence-electron chi connectivity index (χ2n) is 2.07. The summed E-state index contributed by atoms with van der Waals surface area (Å²) < 4.78 is 1.08. The lowest BCUT2D eigenvalue weighted by molar-refractivity contribution is 1.37. The number of halogens is 1. The Morgan fingerprint density at radius 2 is 2.36 bits per heavy atom. The van der Waals surface area contributed by atoms with E-state index in [0.717, 1.165) is 19.8 Å². The van der Waals surface area contributed by atoms with Crippen molar-refractivity contribution in [3.8, 4) is 6.07 Å². The molecule has 0 aromatic carbocycles. The predicted octanol–water partition coefficient (Wildman–Crippen LogP) is 2.96. The third-order valence-electron chi connectivity index (χ3n) is 1.46. The van der Waals surface area contributed by atoms with Crippen molar-refractivity contribution in [1.82, 2.24) is 0 Å². The Kier molecular flexibility index (Phi) is 3.22. The molecule has 58 valence electrons. The number of nitriles is 1. The van der Waals surface area contributed by atoms with E-state index in [1.807, 2.05) is 6.92 Å². The van der Waals surface area contributed by atoms with Crippen molar-refractivity contribution in [3.63, 3.8) is 0 Å². The summed E-state index contributed by atoms with van der Waals surface area (Å²) in [5.74, 6) is 0.730. The molecule has 0 atom stereocenters. The standard InChI is InChI=1S/C7H6INS2/c1-4-5(2-9)7(8)11-6(4)3-10/h10H,3H2,1H3. The lowest BCUT2D eigenvalue weighted by Gasteiger charge is -1.89. The molecule has 1 rings (SSSR count). The van der Waals surface area contributed by atoms with Gasteiger partial charge >= 0.3 is 0 Å². The highest BCUT2D eigenvalue weighted by Crippen LogP contribution is 2.29. The number of thiophene rings is 1. The van der Waals surface area contributed by atoms with Crippen LogP contribution >= 0.6 is 46.6 Å². The van der Waals surface area contributed by atoms with Crippen LogP contribution in [0.1, 0.15) is 16.0 Å². The normalized spacial score (nSPS) is 9.64. The smallest absolute Gasteiger partial charge is 0.101 e. The van der Waals surface area contributed by atoms with Crippen LogP contribution in [0.15, 0.2) is 0 Å². The topological polar surface area (TPSA) is 23.8 Å². The van der Waals surface area contributed by atoms with Gasteiger partial charge in [-0.25, -0.2) is 0 Å². The van der Waals surface area contributed by atoms with Crippen LogP contribution in [0.25, 0.3) is 0 Å². The van der Waals surface area contributed by atoms with E-state index >= 15 is 0 Å². The molecule has 4 heteroatoms. The fourth-order valence-electron chi connectivity index (χ4n) is 0.801. The van der Waals surface area contributed by atoms with E-state index in [2.05, 4.69) is 41.3 Å². The second-order valence-corrected chi connectivity index (χ2v) is 5.30. The molecule has 0 bridgehead atoms. The van der Waals surface area contributed by atoms with Crippen molar-refractivity contribution in [2.24, 2.45) is 0 Å². The molecule has 1 aromatic rings. The molecule has 0 amide bonds. The zero-order valence-electron chi connectivity index (χ0n) is 5.89. The lowest BCUT2D eigenvalue weighted by Crippen LogP contribution is -1.79. The quantitative estimate of drug-likeness (QED) is 0.625. The van der Waals surface area contributed by atoms with Crippen LogP contribution in [0.2, 0.25) is 0 Å². The van der Waals surface area contributed by atoms with Crippen molar-refractivity contribution in [3.05, 3.63) is 18.9 Å². The molecule has 0 N–H and O–H groups in total. The monoisotopic (exact) mass is 295 g/mol. The molecule has 0 aliphatic rings. The zero-order valence-corrected chi connectivity index (χ0v) is 9.76. The Bertz CT molecular complexity index is 311. The molecule has 0 spiro atoms. The van der Waals surface area contributed by atoms with Crippen LogP contribution in [-0.4, -0.2) is 0 Å². The van der Waals surface area contributed by atoms with Crippen molar-refractivity contribution in [2.75, 3.05) is 0 Å². The minimum atomic E-state index is 0.730. The van der Waals surface area contributed by atoms with E-state index < -0.39 is 0 Å². The lowest BCUT2D eigenvalue weighted by atomic mass is 10.2. The molecule has 0 fully saturated rings. The molecule has 0 saturated heterocycles. The van der Waals surface area contributed by atoms with Gasteiger partial charge in [0.25, 0.3) is 0 Å². The SMILES string of the molecule is Cc1c(CS)sc(I)c1C#N. The van der Waals surface area contributed by atoms with Crippen LogP contribution in [0.3, 0.4) is 0 Å². The number of rotatable bonds is 1. The van der Waals surface area contributed by atoms with Gasteiger partial charge < -0.3 is 0 Å². The third kappa shape index (κ3) is 1.71. The number of hydrogen-bond donors (Lipinski definition) is 1. The minimum absolute atomic E-state index is 0.730.